The zero-order valence-electron chi connectivity index (χ0n) is 12.2. The normalized spacial score (nSPS) is 14.1. The molecule has 4 aromatic carbocycles. The Morgan fingerprint density at radius 2 is 1.35 bits per heavy atom. The van der Waals surface area contributed by atoms with E-state index in [2.05, 4.69) is 0 Å². The maximum absolute atomic E-state index is 12.7. The maximum Gasteiger partial charge on any atom is 0.390 e. The molecule has 23 heavy (non-hydrogen) atoms. The molecule has 0 amide bonds. The Bertz CT molecular complexity index is 988. The summed E-state index contributed by atoms with van der Waals surface area (Å²) in [6.45, 7) is 0. The fourth-order valence-electron chi connectivity index (χ4n) is 3.44. The van der Waals surface area contributed by atoms with Gasteiger partial charge in [-0.25, -0.2) is 0 Å². The predicted molar refractivity (Wildman–Crippen MR) is 87.7 cm³/mol. The molecule has 2 N–H and O–H groups in total. The van der Waals surface area contributed by atoms with E-state index in [1.807, 2.05) is 48.5 Å². The number of hydrogen-bond donors (Lipinski definition) is 1. The molecule has 0 radical (unpaired) electrons. The molecule has 0 heterocycles. The highest BCUT2D eigenvalue weighted by molar-refractivity contribution is 6.23. The molecule has 4 heteroatoms. The van der Waals surface area contributed by atoms with Crippen LogP contribution >= 0.6 is 0 Å². The zero-order valence-corrected chi connectivity index (χ0v) is 12.2. The van der Waals surface area contributed by atoms with Crippen LogP contribution in [0.2, 0.25) is 0 Å². The molecule has 4 aromatic rings. The first kappa shape index (κ1) is 14.3. The number of rotatable bonds is 2. The van der Waals surface area contributed by atoms with Crippen molar-refractivity contribution in [1.82, 2.24) is 0 Å². The first-order valence-electron chi connectivity index (χ1n) is 7.43. The van der Waals surface area contributed by atoms with Crippen molar-refractivity contribution in [2.45, 2.75) is 18.6 Å². The van der Waals surface area contributed by atoms with Crippen molar-refractivity contribution in [2.24, 2.45) is 5.73 Å². The van der Waals surface area contributed by atoms with Crippen LogP contribution in [0, 0.1) is 0 Å². The van der Waals surface area contributed by atoms with E-state index in [0.29, 0.717) is 5.56 Å². The molecular formula is C19H14F3N. The van der Waals surface area contributed by atoms with E-state index in [4.69, 9.17) is 5.73 Å². The van der Waals surface area contributed by atoms with Crippen molar-refractivity contribution >= 4 is 32.3 Å². The standard InChI is InChI=1S/C19H14F3N/c20-19(21,22)10-16(23)14-8-6-13-5-4-11-2-1-3-12-7-9-15(14)18(13)17(11)12/h1-9,16H,10,23H2/t16-/m1/s1. The minimum atomic E-state index is -4.27. The Kier molecular flexibility index (Phi) is 3.00. The minimum Gasteiger partial charge on any atom is -0.324 e. The number of alkyl halides is 3. The van der Waals surface area contributed by atoms with Crippen molar-refractivity contribution in [3.05, 3.63) is 60.2 Å². The van der Waals surface area contributed by atoms with Crippen molar-refractivity contribution in [1.29, 1.82) is 0 Å². The molecular weight excluding hydrogens is 299 g/mol. The van der Waals surface area contributed by atoms with Crippen LogP contribution in [0.5, 0.6) is 0 Å². The Morgan fingerprint density at radius 3 is 2.00 bits per heavy atom. The monoisotopic (exact) mass is 313 g/mol. The fraction of sp³-hybridized carbons (Fsp3) is 0.158. The van der Waals surface area contributed by atoms with Gasteiger partial charge in [-0.3, -0.25) is 0 Å². The second-order valence-corrected chi connectivity index (χ2v) is 5.94. The second-order valence-electron chi connectivity index (χ2n) is 5.94. The molecule has 0 spiro atoms. The molecule has 0 fully saturated rings. The highest BCUT2D eigenvalue weighted by Crippen LogP contribution is 2.38. The maximum atomic E-state index is 12.7. The number of nitrogens with two attached hydrogens (primary N) is 1. The van der Waals surface area contributed by atoms with E-state index < -0.39 is 18.6 Å². The lowest BCUT2D eigenvalue weighted by molar-refractivity contribution is -0.138. The molecule has 0 aliphatic heterocycles. The molecule has 0 saturated heterocycles. The van der Waals surface area contributed by atoms with Crippen LogP contribution in [0.4, 0.5) is 13.2 Å². The Balaban J connectivity index is 2.03. The van der Waals surface area contributed by atoms with Gasteiger partial charge in [-0.1, -0.05) is 54.6 Å². The van der Waals surface area contributed by atoms with Gasteiger partial charge in [0.15, 0.2) is 0 Å². The van der Waals surface area contributed by atoms with Gasteiger partial charge in [0.25, 0.3) is 0 Å². The van der Waals surface area contributed by atoms with Gasteiger partial charge in [0.2, 0.25) is 0 Å². The summed E-state index contributed by atoms with van der Waals surface area (Å²) in [6.07, 6.45) is -5.29. The van der Waals surface area contributed by atoms with Crippen LogP contribution in [0.15, 0.2) is 54.6 Å². The second kappa shape index (κ2) is 4.83. The summed E-state index contributed by atoms with van der Waals surface area (Å²) in [7, 11) is 0. The summed E-state index contributed by atoms with van der Waals surface area (Å²) < 4.78 is 38.1. The van der Waals surface area contributed by atoms with E-state index >= 15 is 0 Å². The van der Waals surface area contributed by atoms with Crippen LogP contribution in [0.3, 0.4) is 0 Å². The van der Waals surface area contributed by atoms with Gasteiger partial charge in [0.1, 0.15) is 0 Å². The van der Waals surface area contributed by atoms with E-state index in [1.54, 1.807) is 6.07 Å². The molecule has 0 unspecified atom stereocenters. The zero-order chi connectivity index (χ0) is 16.2. The summed E-state index contributed by atoms with van der Waals surface area (Å²) in [5.41, 5.74) is 6.41. The Labute approximate surface area is 130 Å². The van der Waals surface area contributed by atoms with E-state index in [-0.39, 0.29) is 0 Å². The third-order valence-electron chi connectivity index (χ3n) is 4.41. The van der Waals surface area contributed by atoms with Gasteiger partial charge >= 0.3 is 6.18 Å². The largest absolute Gasteiger partial charge is 0.390 e. The molecule has 4 rings (SSSR count). The first-order chi connectivity index (χ1) is 10.9. The van der Waals surface area contributed by atoms with Gasteiger partial charge in [0, 0.05) is 6.04 Å². The van der Waals surface area contributed by atoms with E-state index in [9.17, 15) is 13.2 Å². The Morgan fingerprint density at radius 1 is 0.783 bits per heavy atom. The number of halogens is 3. The lowest BCUT2D eigenvalue weighted by Crippen LogP contribution is -2.20. The lowest BCUT2D eigenvalue weighted by atomic mass is 9.89. The molecule has 0 aliphatic rings. The molecule has 0 aliphatic carbocycles. The summed E-state index contributed by atoms with van der Waals surface area (Å²) in [5.74, 6) is 0. The predicted octanol–water partition coefficient (Wildman–Crippen LogP) is 5.54. The average Bonchev–Trinajstić information content (AvgIpc) is 2.50. The van der Waals surface area contributed by atoms with Crippen LogP contribution in [-0.2, 0) is 0 Å². The third kappa shape index (κ3) is 2.30. The number of benzene rings is 4. The van der Waals surface area contributed by atoms with Gasteiger partial charge in [-0.05, 0) is 37.9 Å². The fourth-order valence-corrected chi connectivity index (χ4v) is 3.44. The van der Waals surface area contributed by atoms with Gasteiger partial charge in [-0.15, -0.1) is 0 Å². The topological polar surface area (TPSA) is 26.0 Å². The highest BCUT2D eigenvalue weighted by Gasteiger charge is 2.31. The van der Waals surface area contributed by atoms with Gasteiger partial charge < -0.3 is 5.73 Å². The Hall–Kier alpha value is -2.33. The van der Waals surface area contributed by atoms with Crippen LogP contribution in [0.1, 0.15) is 18.0 Å². The van der Waals surface area contributed by atoms with Crippen LogP contribution in [0.25, 0.3) is 32.3 Å². The SMILES string of the molecule is N[C@H](CC(F)(F)F)c1ccc2ccc3cccc4ccc1c2c34. The average molecular weight is 313 g/mol. The minimum absolute atomic E-state index is 0.549. The highest BCUT2D eigenvalue weighted by atomic mass is 19.4. The molecule has 0 aromatic heterocycles. The summed E-state index contributed by atoms with van der Waals surface area (Å²) in [4.78, 5) is 0. The van der Waals surface area contributed by atoms with E-state index in [1.165, 1.54) is 0 Å². The third-order valence-corrected chi connectivity index (χ3v) is 4.41. The summed E-state index contributed by atoms with van der Waals surface area (Å²) in [5, 5.41) is 6.08. The van der Waals surface area contributed by atoms with Gasteiger partial charge in [-0.2, -0.15) is 13.2 Å². The van der Waals surface area contributed by atoms with Crippen LogP contribution in [-0.4, -0.2) is 6.18 Å². The van der Waals surface area contributed by atoms with Crippen molar-refractivity contribution in [2.75, 3.05) is 0 Å². The van der Waals surface area contributed by atoms with Crippen molar-refractivity contribution < 1.29 is 13.2 Å². The number of hydrogen-bond acceptors (Lipinski definition) is 1. The molecule has 0 bridgehead atoms. The van der Waals surface area contributed by atoms with Crippen molar-refractivity contribution in [3.63, 3.8) is 0 Å². The first-order valence-corrected chi connectivity index (χ1v) is 7.43. The van der Waals surface area contributed by atoms with Crippen LogP contribution < -0.4 is 5.73 Å². The van der Waals surface area contributed by atoms with Crippen molar-refractivity contribution in [3.8, 4) is 0 Å². The molecule has 116 valence electrons. The smallest absolute Gasteiger partial charge is 0.324 e. The van der Waals surface area contributed by atoms with Gasteiger partial charge in [0.05, 0.1) is 6.42 Å². The lowest BCUT2D eigenvalue weighted by Gasteiger charge is -2.19. The molecule has 1 atom stereocenters. The molecule has 0 saturated carbocycles. The quantitative estimate of drug-likeness (QED) is 0.483. The molecule has 1 nitrogen and oxygen atoms in total. The summed E-state index contributed by atoms with van der Waals surface area (Å²) in [6, 6.07) is 16.4. The van der Waals surface area contributed by atoms with E-state index in [0.717, 1.165) is 32.3 Å². The summed E-state index contributed by atoms with van der Waals surface area (Å²) >= 11 is 0.